The van der Waals surface area contributed by atoms with Gasteiger partial charge in [-0.2, -0.15) is 0 Å². The van der Waals surface area contributed by atoms with Crippen LogP contribution in [0.5, 0.6) is 23.0 Å². The number of fused-ring (bicyclic) bond motifs is 6. The van der Waals surface area contributed by atoms with Gasteiger partial charge in [0.05, 0.1) is 16.7 Å². The van der Waals surface area contributed by atoms with Gasteiger partial charge < -0.3 is 29.2 Å². The minimum absolute atomic E-state index is 0.0154. The molecule has 5 rings (SSSR count). The third-order valence-corrected chi connectivity index (χ3v) is 5.92. The Balaban J connectivity index is 1.87. The molecule has 0 aliphatic carbocycles. The van der Waals surface area contributed by atoms with Crippen molar-refractivity contribution < 1.29 is 29.2 Å². The Hall–Kier alpha value is -3.45. The Morgan fingerprint density at radius 3 is 2.59 bits per heavy atom. The molecule has 0 saturated heterocycles. The third kappa shape index (κ3) is 3.12. The first-order chi connectivity index (χ1) is 14.9. The number of hydrogen-bond donors (Lipinski definition) is 3. The highest BCUT2D eigenvalue weighted by Crippen LogP contribution is 2.45. The van der Waals surface area contributed by atoms with Gasteiger partial charge in [0.2, 0.25) is 0 Å². The fourth-order valence-corrected chi connectivity index (χ4v) is 4.20. The Morgan fingerprint density at radius 1 is 1.12 bits per heavy atom. The van der Waals surface area contributed by atoms with Crippen LogP contribution in [0.1, 0.15) is 38.8 Å². The summed E-state index contributed by atoms with van der Waals surface area (Å²) in [5.41, 5.74) is -0.744. The first-order valence-corrected chi connectivity index (χ1v) is 10.4. The number of aromatic hydroxyl groups is 2. The van der Waals surface area contributed by atoms with E-state index in [9.17, 15) is 20.1 Å². The molecule has 0 spiro atoms. The van der Waals surface area contributed by atoms with Crippen molar-refractivity contribution in [3.63, 3.8) is 0 Å². The van der Waals surface area contributed by atoms with Crippen LogP contribution in [0, 0.1) is 0 Å². The number of rotatable bonds is 1. The second-order valence-electron chi connectivity index (χ2n) is 9.43. The van der Waals surface area contributed by atoms with E-state index >= 15 is 0 Å². The Labute approximate surface area is 184 Å². The number of phenols is 2. The van der Waals surface area contributed by atoms with E-state index in [-0.39, 0.29) is 40.2 Å². The summed E-state index contributed by atoms with van der Waals surface area (Å²) in [6.45, 7) is 6.95. The van der Waals surface area contributed by atoms with Crippen LogP contribution in [0.15, 0.2) is 39.6 Å². The Bertz CT molecular complexity index is 1360. The summed E-state index contributed by atoms with van der Waals surface area (Å²) in [6, 6.07) is 5.94. The van der Waals surface area contributed by atoms with Crippen LogP contribution < -0.4 is 14.9 Å². The average Bonchev–Trinajstić information content (AvgIpc) is 2.83. The topological polar surface area (TPSA) is 109 Å². The molecule has 3 N–H and O–H groups in total. The molecule has 0 saturated carbocycles. The largest absolute Gasteiger partial charge is 0.508 e. The van der Waals surface area contributed by atoms with Crippen molar-refractivity contribution in [2.75, 3.05) is 0 Å². The lowest BCUT2D eigenvalue weighted by molar-refractivity contribution is -0.0322. The maximum absolute atomic E-state index is 13.6. The molecule has 2 aliphatic heterocycles. The van der Waals surface area contributed by atoms with E-state index in [1.165, 1.54) is 18.2 Å². The lowest BCUT2D eigenvalue weighted by Crippen LogP contribution is -2.42. The van der Waals surface area contributed by atoms with Gasteiger partial charge >= 0.3 is 0 Å². The second-order valence-corrected chi connectivity index (χ2v) is 9.43. The first kappa shape index (κ1) is 20.5. The van der Waals surface area contributed by atoms with Crippen LogP contribution in [0.4, 0.5) is 0 Å². The van der Waals surface area contributed by atoms with E-state index in [0.29, 0.717) is 22.6 Å². The maximum atomic E-state index is 13.6. The van der Waals surface area contributed by atoms with Gasteiger partial charge in [0.1, 0.15) is 45.8 Å². The molecule has 7 nitrogen and oxygen atoms in total. The minimum atomic E-state index is -1.29. The van der Waals surface area contributed by atoms with Gasteiger partial charge in [-0.25, -0.2) is 0 Å². The van der Waals surface area contributed by atoms with Crippen molar-refractivity contribution in [2.45, 2.75) is 51.4 Å². The standard InChI is InChI=1S/C25H24O7/c1-24(2)8-7-14-18(32-24)11-16(27)20-21(28)15-10-19(25(3,4)29)30-17-9-12(26)5-6-13(17)22(15)31-23(14)20/h5-9,11,19,26-27,29H,10H2,1-4H3/t19-/m1/s1. The summed E-state index contributed by atoms with van der Waals surface area (Å²) in [5, 5.41) is 31.4. The van der Waals surface area contributed by atoms with Crippen molar-refractivity contribution in [3.05, 3.63) is 51.7 Å². The van der Waals surface area contributed by atoms with Crippen LogP contribution >= 0.6 is 0 Å². The molecule has 0 unspecified atom stereocenters. The molecule has 0 radical (unpaired) electrons. The fourth-order valence-electron chi connectivity index (χ4n) is 4.20. The third-order valence-electron chi connectivity index (χ3n) is 5.92. The first-order valence-electron chi connectivity index (χ1n) is 10.4. The Morgan fingerprint density at radius 2 is 1.88 bits per heavy atom. The zero-order valence-electron chi connectivity index (χ0n) is 18.2. The van der Waals surface area contributed by atoms with Gasteiger partial charge in [0.15, 0.2) is 11.0 Å². The molecule has 32 heavy (non-hydrogen) atoms. The highest BCUT2D eigenvalue weighted by Gasteiger charge is 2.37. The zero-order valence-corrected chi connectivity index (χ0v) is 18.2. The molecule has 0 amide bonds. The summed E-state index contributed by atoms with van der Waals surface area (Å²) >= 11 is 0. The summed E-state index contributed by atoms with van der Waals surface area (Å²) < 4.78 is 18.3. The quantitative estimate of drug-likeness (QED) is 0.526. The molecule has 2 aliphatic rings. The second kappa shape index (κ2) is 6.53. The van der Waals surface area contributed by atoms with Gasteiger partial charge in [0, 0.05) is 24.1 Å². The molecule has 2 aromatic carbocycles. The number of benzene rings is 2. The minimum Gasteiger partial charge on any atom is -0.508 e. The highest BCUT2D eigenvalue weighted by molar-refractivity contribution is 5.95. The van der Waals surface area contributed by atoms with E-state index in [2.05, 4.69) is 0 Å². The lowest BCUT2D eigenvalue weighted by atomic mass is 9.92. The maximum Gasteiger partial charge on any atom is 0.200 e. The molecular formula is C25H24O7. The molecule has 166 valence electrons. The van der Waals surface area contributed by atoms with Gasteiger partial charge in [-0.1, -0.05) is 0 Å². The van der Waals surface area contributed by atoms with Crippen LogP contribution in [0.2, 0.25) is 0 Å². The molecular weight excluding hydrogens is 412 g/mol. The predicted molar refractivity (Wildman–Crippen MR) is 119 cm³/mol. The smallest absolute Gasteiger partial charge is 0.200 e. The van der Waals surface area contributed by atoms with Gasteiger partial charge in [-0.15, -0.1) is 0 Å². The number of hydrogen-bond acceptors (Lipinski definition) is 7. The van der Waals surface area contributed by atoms with E-state index in [4.69, 9.17) is 13.9 Å². The fraction of sp³-hybridized carbons (Fsp3) is 0.320. The zero-order chi connectivity index (χ0) is 23.0. The number of aliphatic hydroxyl groups is 1. The Kier molecular flexibility index (Phi) is 4.17. The van der Waals surface area contributed by atoms with E-state index < -0.39 is 22.7 Å². The van der Waals surface area contributed by atoms with Crippen molar-refractivity contribution >= 4 is 17.0 Å². The van der Waals surface area contributed by atoms with Crippen molar-refractivity contribution in [1.82, 2.24) is 0 Å². The van der Waals surface area contributed by atoms with Crippen molar-refractivity contribution in [3.8, 4) is 34.3 Å². The predicted octanol–water partition coefficient (Wildman–Crippen LogP) is 4.13. The summed E-state index contributed by atoms with van der Waals surface area (Å²) in [4.78, 5) is 13.6. The molecule has 1 aromatic heterocycles. The van der Waals surface area contributed by atoms with Crippen LogP contribution in [-0.2, 0) is 6.42 Å². The van der Waals surface area contributed by atoms with Crippen molar-refractivity contribution in [1.29, 1.82) is 0 Å². The SMILES string of the molecule is CC1(C)C=Cc2c(cc(O)c3c(=O)c4c(oc23)-c2ccc(O)cc2O[C@@H](C(C)(C)O)C4)O1. The lowest BCUT2D eigenvalue weighted by Gasteiger charge is -2.29. The molecule has 0 fully saturated rings. The van der Waals surface area contributed by atoms with Crippen LogP contribution in [-0.4, -0.2) is 32.6 Å². The van der Waals surface area contributed by atoms with Crippen LogP contribution in [0.3, 0.4) is 0 Å². The van der Waals surface area contributed by atoms with Gasteiger partial charge in [0.25, 0.3) is 0 Å². The molecule has 0 bridgehead atoms. The number of phenolic OH excluding ortho intramolecular Hbond substituents is 2. The molecule has 7 heteroatoms. The number of ether oxygens (including phenoxy) is 2. The summed E-state index contributed by atoms with van der Waals surface area (Å²) in [7, 11) is 0. The summed E-state index contributed by atoms with van der Waals surface area (Å²) in [6.07, 6.45) is 2.95. The average molecular weight is 436 g/mol. The van der Waals surface area contributed by atoms with Crippen LogP contribution in [0.25, 0.3) is 28.4 Å². The van der Waals surface area contributed by atoms with E-state index in [1.807, 2.05) is 26.0 Å². The van der Waals surface area contributed by atoms with Gasteiger partial charge in [-0.05, 0) is 52.0 Å². The van der Waals surface area contributed by atoms with Crippen molar-refractivity contribution in [2.24, 2.45) is 0 Å². The van der Waals surface area contributed by atoms with E-state index in [0.717, 1.165) is 0 Å². The monoisotopic (exact) mass is 436 g/mol. The molecule has 3 heterocycles. The molecule has 1 atom stereocenters. The summed E-state index contributed by atoms with van der Waals surface area (Å²) in [5.74, 6) is 0.724. The molecule has 3 aromatic rings. The van der Waals surface area contributed by atoms with E-state index in [1.54, 1.807) is 19.9 Å². The highest BCUT2D eigenvalue weighted by atomic mass is 16.5. The normalized spacial score (nSPS) is 18.7. The van der Waals surface area contributed by atoms with Gasteiger partial charge in [-0.3, -0.25) is 4.79 Å².